The van der Waals surface area contributed by atoms with Crippen LogP contribution in [0.15, 0.2) is 12.1 Å². The zero-order valence-corrected chi connectivity index (χ0v) is 8.91. The summed E-state index contributed by atoms with van der Waals surface area (Å²) in [4.78, 5) is 13.0. The van der Waals surface area contributed by atoms with E-state index in [1.807, 2.05) is 13.0 Å². The Kier molecular flexibility index (Phi) is 2.26. The Hall–Kier alpha value is -1.71. The minimum atomic E-state index is -0.343. The zero-order chi connectivity index (χ0) is 11.0. The third-order valence-electron chi connectivity index (χ3n) is 2.63. The van der Waals surface area contributed by atoms with Crippen LogP contribution in [0.3, 0.4) is 0 Å². The second-order valence-electron chi connectivity index (χ2n) is 3.73. The lowest BCUT2D eigenvalue weighted by molar-refractivity contribution is 0.179. The van der Waals surface area contributed by atoms with Gasteiger partial charge in [-0.3, -0.25) is 4.90 Å². The van der Waals surface area contributed by atoms with Crippen LogP contribution in [0.2, 0.25) is 0 Å². The minimum Gasteiger partial charge on any atom is -0.452 e. The highest BCUT2D eigenvalue weighted by molar-refractivity contribution is 5.94. The van der Waals surface area contributed by atoms with Gasteiger partial charge in [-0.05, 0) is 30.5 Å². The van der Waals surface area contributed by atoms with Gasteiger partial charge < -0.3 is 10.5 Å². The molecule has 0 saturated heterocycles. The van der Waals surface area contributed by atoms with Crippen molar-refractivity contribution in [3.8, 4) is 0 Å². The topological polar surface area (TPSA) is 55.6 Å². The van der Waals surface area contributed by atoms with Crippen LogP contribution in [0.1, 0.15) is 11.1 Å². The molecular formula is C11H14N2O2. The van der Waals surface area contributed by atoms with Gasteiger partial charge in [0.25, 0.3) is 0 Å². The van der Waals surface area contributed by atoms with Crippen molar-refractivity contribution in [2.45, 2.75) is 13.3 Å². The van der Waals surface area contributed by atoms with E-state index >= 15 is 0 Å². The van der Waals surface area contributed by atoms with Gasteiger partial charge in [0.1, 0.15) is 0 Å². The molecular weight excluding hydrogens is 192 g/mol. The number of nitrogens with zero attached hydrogens (tertiary/aromatic N) is 1. The number of aryl methyl sites for hydroxylation is 1. The van der Waals surface area contributed by atoms with Crippen LogP contribution in [0.4, 0.5) is 16.2 Å². The number of amides is 1. The molecule has 1 aliphatic heterocycles. The number of anilines is 2. The van der Waals surface area contributed by atoms with Gasteiger partial charge in [-0.15, -0.1) is 0 Å². The summed E-state index contributed by atoms with van der Waals surface area (Å²) in [5.41, 5.74) is 9.61. The SMILES string of the molecule is COC(=O)N1CCc2cc(C)cc(N)c21. The van der Waals surface area contributed by atoms with Gasteiger partial charge in [0.05, 0.1) is 18.5 Å². The summed E-state index contributed by atoms with van der Waals surface area (Å²) in [5.74, 6) is 0. The Morgan fingerprint density at radius 1 is 1.53 bits per heavy atom. The fraction of sp³-hybridized carbons (Fsp3) is 0.364. The number of carbonyl (C=O) groups is 1. The van der Waals surface area contributed by atoms with Crippen molar-refractivity contribution in [2.75, 3.05) is 24.3 Å². The van der Waals surface area contributed by atoms with Crippen LogP contribution < -0.4 is 10.6 Å². The van der Waals surface area contributed by atoms with Gasteiger partial charge in [0, 0.05) is 6.54 Å². The highest BCUT2D eigenvalue weighted by atomic mass is 16.5. The van der Waals surface area contributed by atoms with E-state index in [0.717, 1.165) is 23.2 Å². The molecule has 0 aromatic heterocycles. The van der Waals surface area contributed by atoms with Crippen molar-refractivity contribution < 1.29 is 9.53 Å². The van der Waals surface area contributed by atoms with Crippen molar-refractivity contribution in [3.05, 3.63) is 23.3 Å². The van der Waals surface area contributed by atoms with Crippen LogP contribution in [-0.4, -0.2) is 19.7 Å². The smallest absolute Gasteiger partial charge is 0.414 e. The molecule has 0 unspecified atom stereocenters. The maximum Gasteiger partial charge on any atom is 0.414 e. The largest absolute Gasteiger partial charge is 0.452 e. The van der Waals surface area contributed by atoms with Gasteiger partial charge in [-0.1, -0.05) is 6.07 Å². The van der Waals surface area contributed by atoms with E-state index in [1.165, 1.54) is 7.11 Å². The van der Waals surface area contributed by atoms with Crippen LogP contribution in [0.25, 0.3) is 0 Å². The number of nitrogen functional groups attached to an aromatic ring is 1. The monoisotopic (exact) mass is 206 g/mol. The third kappa shape index (κ3) is 1.52. The summed E-state index contributed by atoms with van der Waals surface area (Å²) >= 11 is 0. The first-order chi connectivity index (χ1) is 7.13. The molecule has 2 N–H and O–H groups in total. The average Bonchev–Trinajstić information content (AvgIpc) is 2.60. The van der Waals surface area contributed by atoms with E-state index in [-0.39, 0.29) is 6.09 Å². The maximum atomic E-state index is 11.5. The summed E-state index contributed by atoms with van der Waals surface area (Å²) in [5, 5.41) is 0. The van der Waals surface area contributed by atoms with Crippen molar-refractivity contribution in [2.24, 2.45) is 0 Å². The maximum absolute atomic E-state index is 11.5. The molecule has 2 rings (SSSR count). The molecule has 1 aromatic carbocycles. The molecule has 0 bridgehead atoms. The van der Waals surface area contributed by atoms with E-state index in [0.29, 0.717) is 12.2 Å². The number of rotatable bonds is 0. The minimum absolute atomic E-state index is 0.343. The molecule has 1 amide bonds. The first-order valence-electron chi connectivity index (χ1n) is 4.88. The first kappa shape index (κ1) is 9.83. The number of ether oxygens (including phenoxy) is 1. The molecule has 80 valence electrons. The second-order valence-corrected chi connectivity index (χ2v) is 3.73. The number of benzene rings is 1. The zero-order valence-electron chi connectivity index (χ0n) is 8.91. The Balaban J connectivity index is 2.46. The normalized spacial score (nSPS) is 13.9. The van der Waals surface area contributed by atoms with E-state index < -0.39 is 0 Å². The molecule has 0 aliphatic carbocycles. The molecule has 1 aliphatic rings. The Morgan fingerprint density at radius 2 is 2.27 bits per heavy atom. The molecule has 4 heteroatoms. The number of nitrogens with two attached hydrogens (primary N) is 1. The number of carbonyl (C=O) groups excluding carboxylic acids is 1. The van der Waals surface area contributed by atoms with Crippen molar-refractivity contribution in [3.63, 3.8) is 0 Å². The quantitative estimate of drug-likeness (QED) is 0.657. The predicted octanol–water partition coefficient (Wildman–Crippen LogP) is 1.71. The summed E-state index contributed by atoms with van der Waals surface area (Å²) < 4.78 is 4.71. The van der Waals surface area contributed by atoms with Crippen molar-refractivity contribution >= 4 is 17.5 Å². The van der Waals surface area contributed by atoms with E-state index in [4.69, 9.17) is 10.5 Å². The Bertz CT molecular complexity index is 415. The lowest BCUT2D eigenvalue weighted by Crippen LogP contribution is -2.29. The standard InChI is InChI=1S/C11H14N2O2/c1-7-5-8-3-4-13(11(14)15-2)10(8)9(12)6-7/h5-6H,3-4,12H2,1-2H3. The second kappa shape index (κ2) is 3.46. The fourth-order valence-electron chi connectivity index (χ4n) is 2.04. The molecule has 4 nitrogen and oxygen atoms in total. The van der Waals surface area contributed by atoms with Crippen LogP contribution in [0.5, 0.6) is 0 Å². The first-order valence-corrected chi connectivity index (χ1v) is 4.88. The molecule has 1 heterocycles. The molecule has 0 spiro atoms. The van der Waals surface area contributed by atoms with Gasteiger partial charge in [0.2, 0.25) is 0 Å². The molecule has 0 fully saturated rings. The molecule has 0 atom stereocenters. The van der Waals surface area contributed by atoms with Crippen LogP contribution in [-0.2, 0) is 11.2 Å². The summed E-state index contributed by atoms with van der Waals surface area (Å²) in [7, 11) is 1.38. The highest BCUT2D eigenvalue weighted by Gasteiger charge is 2.27. The summed E-state index contributed by atoms with van der Waals surface area (Å²) in [6, 6.07) is 3.94. The Morgan fingerprint density at radius 3 is 2.93 bits per heavy atom. The number of hydrogen-bond donors (Lipinski definition) is 1. The van der Waals surface area contributed by atoms with Crippen LogP contribution >= 0.6 is 0 Å². The number of methoxy groups -OCH3 is 1. The molecule has 0 radical (unpaired) electrons. The summed E-state index contributed by atoms with van der Waals surface area (Å²) in [6.07, 6.45) is 0.500. The van der Waals surface area contributed by atoms with Crippen molar-refractivity contribution in [1.82, 2.24) is 0 Å². The molecule has 1 aromatic rings. The summed E-state index contributed by atoms with van der Waals surface area (Å²) in [6.45, 7) is 2.65. The van der Waals surface area contributed by atoms with Gasteiger partial charge in [-0.25, -0.2) is 4.79 Å². The van der Waals surface area contributed by atoms with Crippen molar-refractivity contribution in [1.29, 1.82) is 0 Å². The third-order valence-corrected chi connectivity index (χ3v) is 2.63. The van der Waals surface area contributed by atoms with Gasteiger partial charge >= 0.3 is 6.09 Å². The van der Waals surface area contributed by atoms with Crippen LogP contribution in [0, 0.1) is 6.92 Å². The lowest BCUT2D eigenvalue weighted by Gasteiger charge is -2.17. The molecule has 15 heavy (non-hydrogen) atoms. The highest BCUT2D eigenvalue weighted by Crippen LogP contribution is 2.35. The fourth-order valence-corrected chi connectivity index (χ4v) is 2.04. The lowest BCUT2D eigenvalue weighted by atomic mass is 10.1. The number of fused-ring (bicyclic) bond motifs is 1. The van der Waals surface area contributed by atoms with Gasteiger partial charge in [0.15, 0.2) is 0 Å². The molecule has 0 saturated carbocycles. The average molecular weight is 206 g/mol. The Labute approximate surface area is 88.6 Å². The van der Waals surface area contributed by atoms with E-state index in [1.54, 1.807) is 4.90 Å². The number of hydrogen-bond acceptors (Lipinski definition) is 3. The van der Waals surface area contributed by atoms with Gasteiger partial charge in [-0.2, -0.15) is 0 Å². The van der Waals surface area contributed by atoms with E-state index in [2.05, 4.69) is 6.07 Å². The predicted molar refractivity (Wildman–Crippen MR) is 59.0 cm³/mol. The van der Waals surface area contributed by atoms with E-state index in [9.17, 15) is 4.79 Å².